The molecule has 0 N–H and O–H groups in total. The smallest absolute Gasteiger partial charge is 0.126 e. The summed E-state index contributed by atoms with van der Waals surface area (Å²) in [5.74, 6) is 1.85. The van der Waals surface area contributed by atoms with Crippen molar-refractivity contribution in [1.82, 2.24) is 4.57 Å². The number of thiol groups is 1. The average molecular weight is 310 g/mol. The summed E-state index contributed by atoms with van der Waals surface area (Å²) in [6.45, 7) is 4.36. The third-order valence-corrected chi connectivity index (χ3v) is 4.64. The van der Waals surface area contributed by atoms with Gasteiger partial charge in [0.1, 0.15) is 5.94 Å². The highest BCUT2D eigenvalue weighted by Crippen LogP contribution is 2.26. The number of unbranched alkanes of at least 4 members (excludes halogenated alkanes) is 2. The van der Waals surface area contributed by atoms with E-state index < -0.39 is 0 Å². The van der Waals surface area contributed by atoms with E-state index in [1.54, 1.807) is 0 Å². The third-order valence-electron chi connectivity index (χ3n) is 3.59. The van der Waals surface area contributed by atoms with E-state index in [0.717, 1.165) is 53.6 Å². The Bertz CT molecular complexity index is 569. The van der Waals surface area contributed by atoms with E-state index in [-0.39, 0.29) is 0 Å². The van der Waals surface area contributed by atoms with Crippen LogP contribution < -0.4 is 0 Å². The predicted octanol–water partition coefficient (Wildman–Crippen LogP) is 4.57. The summed E-state index contributed by atoms with van der Waals surface area (Å²) < 4.78 is 2.86. The fraction of sp³-hybridized carbons (Fsp3) is 0.562. The molecule has 0 fully saturated rings. The third kappa shape index (κ3) is 3.85. The predicted molar refractivity (Wildman–Crippen MR) is 90.9 cm³/mol. The zero-order chi connectivity index (χ0) is 15.1. The van der Waals surface area contributed by atoms with Crippen LogP contribution in [0.3, 0.4) is 0 Å². The van der Waals surface area contributed by atoms with Gasteiger partial charge in [0.2, 0.25) is 0 Å². The van der Waals surface area contributed by atoms with Gasteiger partial charge in [0, 0.05) is 23.7 Å². The van der Waals surface area contributed by atoms with Crippen LogP contribution in [0.4, 0.5) is 0 Å². The molecule has 1 aromatic heterocycles. The van der Waals surface area contributed by atoms with Gasteiger partial charge >= 0.3 is 0 Å². The van der Waals surface area contributed by atoms with Gasteiger partial charge in [-0.2, -0.15) is 0 Å². The first-order valence-electron chi connectivity index (χ1n) is 7.22. The standard InChI is InChI=1S/C16H23NOS2/c1-4-6-8-12-13(9-7-5-2)17(3)14(10-11-18)16(20)15(12)19/h10,20H,4-9H2,1-3H3. The van der Waals surface area contributed by atoms with Crippen molar-refractivity contribution in [3.63, 3.8) is 0 Å². The van der Waals surface area contributed by atoms with E-state index in [4.69, 9.17) is 12.2 Å². The molecule has 2 nitrogen and oxygen atoms in total. The average Bonchev–Trinajstić information content (AvgIpc) is 2.45. The first-order valence-corrected chi connectivity index (χ1v) is 8.08. The Morgan fingerprint density at radius 1 is 1.25 bits per heavy atom. The highest BCUT2D eigenvalue weighted by Gasteiger charge is 2.14. The molecule has 1 heterocycles. The van der Waals surface area contributed by atoms with Crippen LogP contribution in [-0.4, -0.2) is 10.5 Å². The van der Waals surface area contributed by atoms with Gasteiger partial charge in [-0.15, -0.1) is 12.6 Å². The van der Waals surface area contributed by atoms with Crippen LogP contribution in [0.25, 0.3) is 6.08 Å². The molecule has 0 amide bonds. The molecule has 0 saturated heterocycles. The van der Waals surface area contributed by atoms with Crippen molar-refractivity contribution >= 4 is 36.9 Å². The second kappa shape index (κ2) is 8.46. The van der Waals surface area contributed by atoms with Crippen molar-refractivity contribution < 1.29 is 4.79 Å². The van der Waals surface area contributed by atoms with Crippen LogP contribution in [-0.2, 0) is 24.7 Å². The molecule has 0 unspecified atom stereocenters. The Morgan fingerprint density at radius 2 is 1.85 bits per heavy atom. The quantitative estimate of drug-likeness (QED) is 0.452. The maximum atomic E-state index is 10.7. The number of aromatic nitrogens is 1. The van der Waals surface area contributed by atoms with Crippen molar-refractivity contribution in [1.29, 1.82) is 0 Å². The van der Waals surface area contributed by atoms with Crippen molar-refractivity contribution in [2.75, 3.05) is 0 Å². The van der Waals surface area contributed by atoms with Crippen LogP contribution >= 0.6 is 24.8 Å². The molecule has 0 spiro atoms. The van der Waals surface area contributed by atoms with Gasteiger partial charge in [0.25, 0.3) is 0 Å². The normalized spacial score (nSPS) is 10.4. The molecule has 0 saturated carbocycles. The molecule has 0 aliphatic carbocycles. The molecular weight excluding hydrogens is 286 g/mol. The lowest BCUT2D eigenvalue weighted by Gasteiger charge is -2.19. The Kier molecular flexibility index (Phi) is 7.28. The number of carbonyl (C=O) groups excluding carboxylic acids is 1. The number of rotatable bonds is 7. The lowest BCUT2D eigenvalue weighted by Crippen LogP contribution is -2.12. The minimum Gasteiger partial charge on any atom is -0.346 e. The second-order valence-corrected chi connectivity index (χ2v) is 5.87. The summed E-state index contributed by atoms with van der Waals surface area (Å²) in [6.07, 6.45) is 7.93. The Labute approximate surface area is 132 Å². The van der Waals surface area contributed by atoms with Crippen molar-refractivity contribution in [3.05, 3.63) is 21.5 Å². The van der Waals surface area contributed by atoms with E-state index in [1.807, 2.05) is 13.0 Å². The summed E-state index contributed by atoms with van der Waals surface area (Å²) in [5.41, 5.74) is 3.23. The fourth-order valence-electron chi connectivity index (χ4n) is 2.39. The summed E-state index contributed by atoms with van der Waals surface area (Å²) in [5, 5.41) is 0. The highest BCUT2D eigenvalue weighted by atomic mass is 32.1. The molecule has 0 bridgehead atoms. The Balaban J connectivity index is 3.47. The summed E-state index contributed by atoms with van der Waals surface area (Å²) in [7, 11) is 1.98. The van der Waals surface area contributed by atoms with Crippen molar-refractivity contribution in [2.24, 2.45) is 7.05 Å². The van der Waals surface area contributed by atoms with Crippen molar-refractivity contribution in [3.8, 4) is 0 Å². The molecule has 0 aromatic carbocycles. The van der Waals surface area contributed by atoms with Crippen LogP contribution in [0.5, 0.6) is 0 Å². The van der Waals surface area contributed by atoms with Gasteiger partial charge in [0.05, 0.1) is 10.2 Å². The van der Waals surface area contributed by atoms with Gasteiger partial charge in [0.15, 0.2) is 0 Å². The maximum Gasteiger partial charge on any atom is 0.126 e. The van der Waals surface area contributed by atoms with Gasteiger partial charge in [-0.25, -0.2) is 4.79 Å². The van der Waals surface area contributed by atoms with Gasteiger partial charge in [-0.3, -0.25) is 0 Å². The monoisotopic (exact) mass is 309 g/mol. The number of hydrogen-bond donors (Lipinski definition) is 1. The SMILES string of the molecule is CCCCc1c(CCCC)n(C)c(C=C=O)c(S)c1=S. The zero-order valence-electron chi connectivity index (χ0n) is 12.5. The van der Waals surface area contributed by atoms with E-state index in [1.165, 1.54) is 17.3 Å². The molecule has 0 atom stereocenters. The fourth-order valence-corrected chi connectivity index (χ4v) is 3.07. The molecular formula is C16H23NOS2. The van der Waals surface area contributed by atoms with E-state index in [9.17, 15) is 4.79 Å². The van der Waals surface area contributed by atoms with Gasteiger partial charge < -0.3 is 4.57 Å². The van der Waals surface area contributed by atoms with Crippen LogP contribution in [0.2, 0.25) is 0 Å². The Morgan fingerprint density at radius 3 is 2.40 bits per heavy atom. The molecule has 0 radical (unpaired) electrons. The van der Waals surface area contributed by atoms with Crippen LogP contribution in [0.1, 0.15) is 56.5 Å². The molecule has 1 aromatic rings. The zero-order valence-corrected chi connectivity index (χ0v) is 14.2. The lowest BCUT2D eigenvalue weighted by atomic mass is 10.0. The largest absolute Gasteiger partial charge is 0.346 e. The minimum atomic E-state index is 0.720. The molecule has 1 rings (SSSR count). The summed E-state index contributed by atoms with van der Waals surface area (Å²) in [4.78, 5) is 11.4. The molecule has 110 valence electrons. The van der Waals surface area contributed by atoms with Gasteiger partial charge in [-0.1, -0.05) is 38.9 Å². The summed E-state index contributed by atoms with van der Waals surface area (Å²) >= 11 is 10.1. The Hall–Kier alpha value is -0.830. The maximum absolute atomic E-state index is 10.7. The highest BCUT2D eigenvalue weighted by molar-refractivity contribution is 7.81. The van der Waals surface area contributed by atoms with Gasteiger partial charge in [-0.05, 0) is 31.2 Å². The minimum absolute atomic E-state index is 0.720. The molecule has 4 heteroatoms. The number of nitrogens with zero attached hydrogens (tertiary/aromatic N) is 1. The van der Waals surface area contributed by atoms with E-state index >= 15 is 0 Å². The molecule has 0 aliphatic rings. The second-order valence-electron chi connectivity index (χ2n) is 5.02. The lowest BCUT2D eigenvalue weighted by molar-refractivity contribution is 0.570. The number of hydrogen-bond acceptors (Lipinski definition) is 3. The summed E-state index contributed by atoms with van der Waals surface area (Å²) in [6, 6.07) is 0. The topological polar surface area (TPSA) is 22.0 Å². The van der Waals surface area contributed by atoms with Crippen LogP contribution in [0, 0.1) is 4.51 Å². The van der Waals surface area contributed by atoms with Crippen molar-refractivity contribution in [2.45, 2.75) is 57.3 Å². The van der Waals surface area contributed by atoms with Crippen LogP contribution in [0.15, 0.2) is 4.90 Å². The van der Waals surface area contributed by atoms with E-state index in [0.29, 0.717) is 0 Å². The first-order chi connectivity index (χ1) is 9.58. The van der Waals surface area contributed by atoms with E-state index in [2.05, 4.69) is 31.0 Å². The molecule has 0 aliphatic heterocycles. The first kappa shape index (κ1) is 17.2. The number of pyridine rings is 1. The molecule has 20 heavy (non-hydrogen) atoms.